The molecule has 1 aliphatic rings. The second-order valence-corrected chi connectivity index (χ2v) is 6.48. The highest BCUT2D eigenvalue weighted by atomic mass is 16.6. The molecule has 1 fully saturated rings. The molecule has 8 N–H and O–H groups in total. The summed E-state index contributed by atoms with van der Waals surface area (Å²) in [7, 11) is 0. The van der Waals surface area contributed by atoms with Gasteiger partial charge in [-0.1, -0.05) is 24.3 Å². The summed E-state index contributed by atoms with van der Waals surface area (Å²) in [6.07, 6.45) is -1.21. The van der Waals surface area contributed by atoms with Crippen molar-refractivity contribution in [3.05, 3.63) is 35.4 Å². The van der Waals surface area contributed by atoms with Gasteiger partial charge in [-0.2, -0.15) is 0 Å². The number of amides is 1. The van der Waals surface area contributed by atoms with E-state index in [4.69, 9.17) is 26.7 Å². The first-order valence-corrected chi connectivity index (χ1v) is 8.48. The Morgan fingerprint density at radius 2 is 2.04 bits per heavy atom. The van der Waals surface area contributed by atoms with E-state index in [-0.39, 0.29) is 19.5 Å². The van der Waals surface area contributed by atoms with Gasteiger partial charge in [0.1, 0.15) is 18.0 Å². The SMILES string of the molecule is CC(OC(=O)N1CCNCC1(O)C(=N)N)c1ccc(C[C@H](N)C(=O)O)cc1. The van der Waals surface area contributed by atoms with Crippen molar-refractivity contribution >= 4 is 17.9 Å². The first-order valence-electron chi connectivity index (χ1n) is 8.48. The fourth-order valence-corrected chi connectivity index (χ4v) is 2.77. The van der Waals surface area contributed by atoms with E-state index in [0.717, 1.165) is 10.5 Å². The molecule has 0 spiro atoms. The number of amidine groups is 1. The van der Waals surface area contributed by atoms with E-state index in [1.165, 1.54) is 0 Å². The summed E-state index contributed by atoms with van der Waals surface area (Å²) in [4.78, 5) is 24.3. The number of hydrogen-bond donors (Lipinski definition) is 6. The molecule has 3 atom stereocenters. The molecule has 0 aromatic heterocycles. The smallest absolute Gasteiger partial charge is 0.413 e. The molecule has 2 unspecified atom stereocenters. The minimum Gasteiger partial charge on any atom is -0.480 e. The van der Waals surface area contributed by atoms with Crippen molar-refractivity contribution in [2.75, 3.05) is 19.6 Å². The second kappa shape index (κ2) is 8.33. The molecule has 1 aliphatic heterocycles. The third-order valence-electron chi connectivity index (χ3n) is 4.48. The Hall–Kier alpha value is -2.69. The summed E-state index contributed by atoms with van der Waals surface area (Å²) in [5, 5.41) is 29.8. The number of nitrogens with zero attached hydrogens (tertiary/aromatic N) is 1. The van der Waals surface area contributed by atoms with Crippen molar-refractivity contribution in [1.29, 1.82) is 5.41 Å². The van der Waals surface area contributed by atoms with Crippen molar-refractivity contribution < 1.29 is 24.5 Å². The van der Waals surface area contributed by atoms with Crippen LogP contribution in [0.1, 0.15) is 24.2 Å². The van der Waals surface area contributed by atoms with Crippen molar-refractivity contribution in [3.63, 3.8) is 0 Å². The second-order valence-electron chi connectivity index (χ2n) is 6.48. The molecule has 10 nitrogen and oxygen atoms in total. The fraction of sp³-hybridized carbons (Fsp3) is 0.471. The summed E-state index contributed by atoms with van der Waals surface area (Å²) in [6, 6.07) is 5.90. The standard InChI is InChI=1S/C17H25N5O5/c1-10(12-4-2-11(3-5-12)8-13(18)14(23)24)27-16(25)22-7-6-21-9-17(22,26)15(19)20/h2-5,10,13,21,26H,6-9,18H2,1H3,(H3,19,20)(H,23,24)/t10?,13-,17?/m0/s1. The van der Waals surface area contributed by atoms with Crippen LogP contribution in [0.2, 0.25) is 0 Å². The summed E-state index contributed by atoms with van der Waals surface area (Å²) in [5.41, 5.74) is 10.5. The summed E-state index contributed by atoms with van der Waals surface area (Å²) in [6.45, 7) is 2.21. The van der Waals surface area contributed by atoms with Crippen LogP contribution in [0.15, 0.2) is 24.3 Å². The molecule has 0 bridgehead atoms. The van der Waals surface area contributed by atoms with E-state index in [1.54, 1.807) is 31.2 Å². The molecule has 10 heteroatoms. The molecule has 27 heavy (non-hydrogen) atoms. The Bertz CT molecular complexity index is 710. The number of hydrogen-bond acceptors (Lipinski definition) is 7. The Morgan fingerprint density at radius 3 is 2.59 bits per heavy atom. The maximum absolute atomic E-state index is 12.5. The number of nitrogens with two attached hydrogens (primary N) is 2. The molecule has 1 aromatic rings. The number of carbonyl (C=O) groups excluding carboxylic acids is 1. The van der Waals surface area contributed by atoms with E-state index < -0.39 is 35.8 Å². The number of ether oxygens (including phenoxy) is 1. The molecule has 1 amide bonds. The lowest BCUT2D eigenvalue weighted by Gasteiger charge is -2.41. The van der Waals surface area contributed by atoms with Crippen LogP contribution in [-0.2, 0) is 16.0 Å². The van der Waals surface area contributed by atoms with Crippen LogP contribution in [0, 0.1) is 5.41 Å². The maximum Gasteiger partial charge on any atom is 0.413 e. The van der Waals surface area contributed by atoms with Gasteiger partial charge in [0.2, 0.25) is 5.72 Å². The lowest BCUT2D eigenvalue weighted by atomic mass is 10.0. The normalized spacial score (nSPS) is 22.0. The molecular weight excluding hydrogens is 354 g/mol. The first-order chi connectivity index (χ1) is 12.6. The van der Waals surface area contributed by atoms with Gasteiger partial charge in [0.05, 0.1) is 6.54 Å². The van der Waals surface area contributed by atoms with Gasteiger partial charge in [-0.3, -0.25) is 15.1 Å². The Balaban J connectivity index is 2.03. The molecule has 148 valence electrons. The van der Waals surface area contributed by atoms with E-state index >= 15 is 0 Å². The zero-order valence-corrected chi connectivity index (χ0v) is 15.0. The summed E-state index contributed by atoms with van der Waals surface area (Å²) < 4.78 is 5.41. The minimum atomic E-state index is -1.92. The van der Waals surface area contributed by atoms with Crippen molar-refractivity contribution in [1.82, 2.24) is 10.2 Å². The van der Waals surface area contributed by atoms with Crippen LogP contribution in [0.5, 0.6) is 0 Å². The number of nitrogens with one attached hydrogen (secondary N) is 2. The van der Waals surface area contributed by atoms with Crippen LogP contribution < -0.4 is 16.8 Å². The van der Waals surface area contributed by atoms with Crippen LogP contribution in [0.4, 0.5) is 4.79 Å². The van der Waals surface area contributed by atoms with Gasteiger partial charge in [0.25, 0.3) is 0 Å². The van der Waals surface area contributed by atoms with Crippen molar-refractivity contribution in [2.24, 2.45) is 11.5 Å². The quantitative estimate of drug-likeness (QED) is 0.280. The summed E-state index contributed by atoms with van der Waals surface area (Å²) in [5.74, 6) is -1.62. The van der Waals surface area contributed by atoms with Gasteiger partial charge in [-0.05, 0) is 24.5 Å². The largest absolute Gasteiger partial charge is 0.480 e. The average Bonchev–Trinajstić information content (AvgIpc) is 2.62. The zero-order chi connectivity index (χ0) is 20.2. The van der Waals surface area contributed by atoms with Gasteiger partial charge in [-0.25, -0.2) is 4.79 Å². The average molecular weight is 379 g/mol. The van der Waals surface area contributed by atoms with Gasteiger partial charge >= 0.3 is 12.1 Å². The zero-order valence-electron chi connectivity index (χ0n) is 15.0. The van der Waals surface area contributed by atoms with Gasteiger partial charge in [0.15, 0.2) is 0 Å². The van der Waals surface area contributed by atoms with Crippen LogP contribution in [0.25, 0.3) is 0 Å². The monoisotopic (exact) mass is 379 g/mol. The lowest BCUT2D eigenvalue weighted by molar-refractivity contribution is -0.138. The predicted octanol–water partition coefficient (Wildman–Crippen LogP) is -0.632. The van der Waals surface area contributed by atoms with Crippen LogP contribution in [0.3, 0.4) is 0 Å². The number of carboxylic acids is 1. The fourth-order valence-electron chi connectivity index (χ4n) is 2.77. The number of carboxylic acid groups (broad SMARTS) is 1. The lowest BCUT2D eigenvalue weighted by Crippen LogP contribution is -2.68. The van der Waals surface area contributed by atoms with Crippen LogP contribution >= 0.6 is 0 Å². The van der Waals surface area contributed by atoms with Crippen molar-refractivity contribution in [2.45, 2.75) is 31.2 Å². The number of β-amino-alcohol motifs (C(OH)–C–C–N with tert-alkyl or cyclic N) is 1. The molecule has 2 rings (SSSR count). The number of rotatable bonds is 6. The van der Waals surface area contributed by atoms with Crippen LogP contribution in [-0.4, -0.2) is 64.4 Å². The van der Waals surface area contributed by atoms with E-state index in [1.807, 2.05) is 0 Å². The molecule has 1 aromatic carbocycles. The number of aliphatic carboxylic acids is 1. The third-order valence-corrected chi connectivity index (χ3v) is 4.48. The number of benzene rings is 1. The minimum absolute atomic E-state index is 0.0512. The molecular formula is C17H25N5O5. The van der Waals surface area contributed by atoms with E-state index in [0.29, 0.717) is 12.1 Å². The Labute approximate surface area is 156 Å². The number of aliphatic hydroxyl groups is 1. The Morgan fingerprint density at radius 1 is 1.41 bits per heavy atom. The van der Waals surface area contributed by atoms with Gasteiger partial charge in [-0.15, -0.1) is 0 Å². The molecule has 1 heterocycles. The molecule has 0 aliphatic carbocycles. The highest BCUT2D eigenvalue weighted by molar-refractivity contribution is 5.89. The number of piperazine rings is 1. The highest BCUT2D eigenvalue weighted by Crippen LogP contribution is 2.22. The van der Waals surface area contributed by atoms with E-state index in [9.17, 15) is 14.7 Å². The maximum atomic E-state index is 12.5. The highest BCUT2D eigenvalue weighted by Gasteiger charge is 2.44. The Kier molecular flexibility index (Phi) is 6.37. The predicted molar refractivity (Wildman–Crippen MR) is 97.1 cm³/mol. The van der Waals surface area contributed by atoms with Crippen molar-refractivity contribution in [3.8, 4) is 0 Å². The van der Waals surface area contributed by atoms with Gasteiger partial charge in [0, 0.05) is 13.1 Å². The summed E-state index contributed by atoms with van der Waals surface area (Å²) >= 11 is 0. The first kappa shape index (κ1) is 20.6. The molecule has 0 radical (unpaired) electrons. The van der Waals surface area contributed by atoms with Gasteiger partial charge < -0.3 is 31.7 Å². The molecule has 1 saturated heterocycles. The van der Waals surface area contributed by atoms with E-state index in [2.05, 4.69) is 5.32 Å². The number of carbonyl (C=O) groups is 2. The topological polar surface area (TPSA) is 175 Å². The molecule has 0 saturated carbocycles. The third kappa shape index (κ3) is 4.73.